The fraction of sp³-hybridized carbons (Fsp3) is 0.556. The molecule has 24 heavy (non-hydrogen) atoms. The second-order valence-corrected chi connectivity index (χ2v) is 6.53. The summed E-state index contributed by atoms with van der Waals surface area (Å²) in [5.41, 5.74) is 1.74. The first kappa shape index (κ1) is 16.6. The maximum Gasteiger partial charge on any atom is 0.314 e. The van der Waals surface area contributed by atoms with E-state index in [1.165, 1.54) is 0 Å². The molecule has 0 unspecified atom stereocenters. The lowest BCUT2D eigenvalue weighted by molar-refractivity contribution is 0.0951. The highest BCUT2D eigenvalue weighted by molar-refractivity contribution is 6.00. The van der Waals surface area contributed by atoms with E-state index in [4.69, 9.17) is 0 Å². The molecule has 6 nitrogen and oxygen atoms in total. The number of amides is 3. The molecule has 1 heterocycles. The molecule has 1 aliphatic heterocycles. The van der Waals surface area contributed by atoms with Crippen LogP contribution in [0.5, 0.6) is 0 Å². The standard InChI is InChI=1S/C18H26N4O2/c1-2-19-18(24)21-14-9-11-22(12-10-14)16-6-4-3-5-15(16)17(23)20-13-7-8-13/h3-6,13-14H,2,7-12H2,1H3,(H,20,23)(H2,19,21,24). The van der Waals surface area contributed by atoms with Gasteiger partial charge in [-0.1, -0.05) is 12.1 Å². The number of hydrogen-bond acceptors (Lipinski definition) is 3. The monoisotopic (exact) mass is 330 g/mol. The van der Waals surface area contributed by atoms with Crippen molar-refractivity contribution in [2.24, 2.45) is 0 Å². The number of carbonyl (C=O) groups is 2. The van der Waals surface area contributed by atoms with E-state index < -0.39 is 0 Å². The van der Waals surface area contributed by atoms with E-state index in [9.17, 15) is 9.59 Å². The zero-order chi connectivity index (χ0) is 16.9. The summed E-state index contributed by atoms with van der Waals surface area (Å²) in [6.07, 6.45) is 3.95. The van der Waals surface area contributed by atoms with E-state index in [-0.39, 0.29) is 18.0 Å². The Balaban J connectivity index is 1.59. The van der Waals surface area contributed by atoms with E-state index in [1.807, 2.05) is 31.2 Å². The largest absolute Gasteiger partial charge is 0.371 e. The van der Waals surface area contributed by atoms with Crippen LogP contribution in [0.4, 0.5) is 10.5 Å². The van der Waals surface area contributed by atoms with Gasteiger partial charge < -0.3 is 20.9 Å². The first-order valence-corrected chi connectivity index (χ1v) is 8.86. The predicted molar refractivity (Wildman–Crippen MR) is 94.4 cm³/mol. The zero-order valence-electron chi connectivity index (χ0n) is 14.2. The third-order valence-electron chi connectivity index (χ3n) is 4.57. The third kappa shape index (κ3) is 4.19. The summed E-state index contributed by atoms with van der Waals surface area (Å²) in [5.74, 6) is 0.0238. The smallest absolute Gasteiger partial charge is 0.314 e. The number of hydrogen-bond donors (Lipinski definition) is 3. The number of rotatable bonds is 5. The predicted octanol–water partition coefficient (Wildman–Crippen LogP) is 1.87. The summed E-state index contributed by atoms with van der Waals surface area (Å²) in [5, 5.41) is 8.84. The molecule has 0 bridgehead atoms. The number of benzene rings is 1. The van der Waals surface area contributed by atoms with Gasteiger partial charge in [-0.05, 0) is 44.7 Å². The SMILES string of the molecule is CCNC(=O)NC1CCN(c2ccccc2C(=O)NC2CC2)CC1. The van der Waals surface area contributed by atoms with Crippen molar-refractivity contribution >= 4 is 17.6 Å². The topological polar surface area (TPSA) is 73.5 Å². The van der Waals surface area contributed by atoms with Gasteiger partial charge in [-0.25, -0.2) is 4.79 Å². The molecule has 6 heteroatoms. The Morgan fingerprint density at radius 2 is 1.71 bits per heavy atom. The number of anilines is 1. The first-order valence-electron chi connectivity index (χ1n) is 8.86. The number of nitrogens with zero attached hydrogens (tertiary/aromatic N) is 1. The Bertz CT molecular complexity index is 592. The fourth-order valence-electron chi connectivity index (χ4n) is 3.09. The Labute approximate surface area is 143 Å². The number of urea groups is 1. The van der Waals surface area contributed by atoms with Gasteiger partial charge in [0.25, 0.3) is 5.91 Å². The summed E-state index contributed by atoms with van der Waals surface area (Å²) >= 11 is 0. The minimum Gasteiger partial charge on any atom is -0.371 e. The summed E-state index contributed by atoms with van der Waals surface area (Å²) in [7, 11) is 0. The first-order chi connectivity index (χ1) is 11.7. The van der Waals surface area contributed by atoms with Crippen molar-refractivity contribution in [2.45, 2.75) is 44.7 Å². The highest BCUT2D eigenvalue weighted by atomic mass is 16.2. The van der Waals surface area contributed by atoms with Crippen LogP contribution in [0, 0.1) is 0 Å². The molecule has 1 aromatic carbocycles. The van der Waals surface area contributed by atoms with Crippen LogP contribution in [0.3, 0.4) is 0 Å². The van der Waals surface area contributed by atoms with Crippen molar-refractivity contribution in [3.63, 3.8) is 0 Å². The van der Waals surface area contributed by atoms with Crippen molar-refractivity contribution in [1.82, 2.24) is 16.0 Å². The van der Waals surface area contributed by atoms with E-state index >= 15 is 0 Å². The summed E-state index contributed by atoms with van der Waals surface area (Å²) in [6, 6.07) is 8.25. The van der Waals surface area contributed by atoms with Crippen LogP contribution in [0.2, 0.25) is 0 Å². The van der Waals surface area contributed by atoms with Gasteiger partial charge in [-0.15, -0.1) is 0 Å². The minimum atomic E-state index is -0.0971. The minimum absolute atomic E-state index is 0.0238. The van der Waals surface area contributed by atoms with Crippen LogP contribution in [-0.2, 0) is 0 Å². The van der Waals surface area contributed by atoms with Crippen molar-refractivity contribution in [3.05, 3.63) is 29.8 Å². The Morgan fingerprint density at radius 3 is 2.38 bits per heavy atom. The number of piperidine rings is 1. The molecule has 130 valence electrons. The maximum atomic E-state index is 12.4. The molecule has 1 saturated heterocycles. The Kier molecular flexibility index (Phi) is 5.23. The number of nitrogens with one attached hydrogen (secondary N) is 3. The van der Waals surface area contributed by atoms with Gasteiger partial charge in [-0.2, -0.15) is 0 Å². The van der Waals surface area contributed by atoms with Crippen molar-refractivity contribution in [3.8, 4) is 0 Å². The molecule has 2 fully saturated rings. The summed E-state index contributed by atoms with van der Waals surface area (Å²) in [6.45, 7) is 4.22. The molecular formula is C18H26N4O2. The number of para-hydroxylation sites is 1. The molecule has 0 aromatic heterocycles. The van der Waals surface area contributed by atoms with Crippen LogP contribution in [0.15, 0.2) is 24.3 Å². The van der Waals surface area contributed by atoms with Gasteiger partial charge in [0, 0.05) is 37.4 Å². The third-order valence-corrected chi connectivity index (χ3v) is 4.57. The molecule has 1 aromatic rings. The number of carbonyl (C=O) groups excluding carboxylic acids is 2. The van der Waals surface area contributed by atoms with Gasteiger partial charge in [0.05, 0.1) is 5.56 Å². The maximum absolute atomic E-state index is 12.4. The lowest BCUT2D eigenvalue weighted by Gasteiger charge is -2.34. The second-order valence-electron chi connectivity index (χ2n) is 6.53. The molecule has 3 rings (SSSR count). The van der Waals surface area contributed by atoms with E-state index in [2.05, 4.69) is 20.9 Å². The molecule has 0 spiro atoms. The highest BCUT2D eigenvalue weighted by Gasteiger charge is 2.27. The average Bonchev–Trinajstić information content (AvgIpc) is 3.40. The Morgan fingerprint density at radius 1 is 1.04 bits per heavy atom. The second kappa shape index (κ2) is 7.55. The van der Waals surface area contributed by atoms with Crippen LogP contribution >= 0.6 is 0 Å². The normalized spacial score (nSPS) is 18.1. The van der Waals surface area contributed by atoms with Crippen LogP contribution in [0.1, 0.15) is 43.0 Å². The fourth-order valence-corrected chi connectivity index (χ4v) is 3.09. The van der Waals surface area contributed by atoms with Gasteiger partial charge in [0.15, 0.2) is 0 Å². The van der Waals surface area contributed by atoms with Crippen molar-refractivity contribution in [1.29, 1.82) is 0 Å². The molecule has 1 aliphatic carbocycles. The summed E-state index contributed by atoms with van der Waals surface area (Å²) in [4.78, 5) is 26.3. The van der Waals surface area contributed by atoms with Crippen LogP contribution in [-0.4, -0.2) is 43.7 Å². The zero-order valence-corrected chi connectivity index (χ0v) is 14.2. The molecule has 1 saturated carbocycles. The lowest BCUT2D eigenvalue weighted by atomic mass is 10.0. The van der Waals surface area contributed by atoms with E-state index in [1.54, 1.807) is 0 Å². The molecule has 3 amide bonds. The lowest BCUT2D eigenvalue weighted by Crippen LogP contribution is -2.48. The van der Waals surface area contributed by atoms with Gasteiger partial charge >= 0.3 is 6.03 Å². The van der Waals surface area contributed by atoms with Crippen molar-refractivity contribution in [2.75, 3.05) is 24.5 Å². The van der Waals surface area contributed by atoms with Crippen LogP contribution < -0.4 is 20.9 Å². The highest BCUT2D eigenvalue weighted by Crippen LogP contribution is 2.26. The molecule has 2 aliphatic rings. The quantitative estimate of drug-likeness (QED) is 0.772. The van der Waals surface area contributed by atoms with E-state index in [0.29, 0.717) is 12.6 Å². The van der Waals surface area contributed by atoms with Gasteiger partial charge in [0.1, 0.15) is 0 Å². The van der Waals surface area contributed by atoms with E-state index in [0.717, 1.165) is 50.0 Å². The van der Waals surface area contributed by atoms with Crippen molar-refractivity contribution < 1.29 is 9.59 Å². The van der Waals surface area contributed by atoms with Gasteiger partial charge in [-0.3, -0.25) is 4.79 Å². The molecular weight excluding hydrogens is 304 g/mol. The average molecular weight is 330 g/mol. The molecule has 0 radical (unpaired) electrons. The molecule has 0 atom stereocenters. The summed E-state index contributed by atoms with van der Waals surface area (Å²) < 4.78 is 0. The van der Waals surface area contributed by atoms with Crippen LogP contribution in [0.25, 0.3) is 0 Å². The Hall–Kier alpha value is -2.24. The molecule has 3 N–H and O–H groups in total. The van der Waals surface area contributed by atoms with Gasteiger partial charge in [0.2, 0.25) is 0 Å².